The van der Waals surface area contributed by atoms with Gasteiger partial charge in [0.15, 0.2) is 0 Å². The number of nitro groups is 1. The predicted molar refractivity (Wildman–Crippen MR) is 137 cm³/mol. The first-order chi connectivity index (χ1) is 19.9. The minimum atomic E-state index is -1.10. The fourth-order valence-electron chi connectivity index (χ4n) is 4.78. The van der Waals surface area contributed by atoms with Crippen LogP contribution in [0.5, 0.6) is 0 Å². The molecule has 0 radical (unpaired) electrons. The van der Waals surface area contributed by atoms with Gasteiger partial charge in [0, 0.05) is 36.6 Å². The molecule has 0 aromatic heterocycles. The molecule has 4 rings (SSSR count). The van der Waals surface area contributed by atoms with E-state index in [1.165, 1.54) is 30.2 Å². The van der Waals surface area contributed by atoms with Gasteiger partial charge in [-0.2, -0.15) is 0 Å². The Bertz CT molecular complexity index is 1490. The van der Waals surface area contributed by atoms with Gasteiger partial charge in [0.25, 0.3) is 5.69 Å². The molecule has 37 heavy (non-hydrogen) atoms. The number of nitro benzene ring substituents is 1. The second-order valence-electron chi connectivity index (χ2n) is 8.84. The van der Waals surface area contributed by atoms with Crippen LogP contribution in [0.15, 0.2) is 77.0 Å². The molecule has 1 fully saturated rings. The standard InChI is InChI=1S/C28H31N3O6/c1-18-24(27(32)36-3)26(21-11-7-12-22(15-21)31(34)35)25(28(33)37-23-13-8-14-29-16-23)19(2)30(18)17-20-9-5-4-6-10-20/h4-7,9-12,15,23,26,29H,8,13-14,16-17H2,1-3H3/t23-,26-/m0/s1/i4D,5D,6D,9D,10D. The number of non-ortho nitro benzene ring substituents is 1. The molecule has 0 saturated carbocycles. The number of carbonyl (C=O) groups excluding carboxylic acids is 2. The number of hydrogen-bond acceptors (Lipinski definition) is 8. The number of ether oxygens (including phenoxy) is 2. The highest BCUT2D eigenvalue weighted by Crippen LogP contribution is 2.44. The van der Waals surface area contributed by atoms with Gasteiger partial charge in [0.2, 0.25) is 0 Å². The zero-order valence-corrected chi connectivity index (χ0v) is 20.8. The van der Waals surface area contributed by atoms with E-state index >= 15 is 0 Å². The van der Waals surface area contributed by atoms with Gasteiger partial charge >= 0.3 is 11.9 Å². The summed E-state index contributed by atoms with van der Waals surface area (Å²) in [5.41, 5.74) is 0.638. The Hall–Kier alpha value is -3.98. The lowest BCUT2D eigenvalue weighted by Gasteiger charge is -2.38. The smallest absolute Gasteiger partial charge is 0.337 e. The van der Waals surface area contributed by atoms with Gasteiger partial charge < -0.3 is 19.7 Å². The Morgan fingerprint density at radius 3 is 2.49 bits per heavy atom. The Morgan fingerprint density at radius 2 is 1.86 bits per heavy atom. The van der Waals surface area contributed by atoms with Crippen LogP contribution in [0, 0.1) is 10.1 Å². The molecule has 9 nitrogen and oxygen atoms in total. The number of benzene rings is 2. The van der Waals surface area contributed by atoms with E-state index in [1.807, 2.05) is 0 Å². The van der Waals surface area contributed by atoms with Gasteiger partial charge in [-0.1, -0.05) is 42.3 Å². The molecule has 2 aliphatic heterocycles. The second kappa shape index (κ2) is 11.4. The van der Waals surface area contributed by atoms with E-state index in [0.717, 1.165) is 13.0 Å². The molecule has 1 saturated heterocycles. The van der Waals surface area contributed by atoms with Crippen molar-refractivity contribution >= 4 is 17.6 Å². The molecule has 2 aromatic carbocycles. The maximum atomic E-state index is 13.9. The fraction of sp³-hybridized carbons (Fsp3) is 0.357. The molecule has 0 spiro atoms. The lowest BCUT2D eigenvalue weighted by molar-refractivity contribution is -0.384. The van der Waals surface area contributed by atoms with E-state index in [9.17, 15) is 19.7 Å². The Kier molecular flexibility index (Phi) is 6.19. The normalized spacial score (nSPS) is 21.9. The van der Waals surface area contributed by atoms with Crippen molar-refractivity contribution in [1.29, 1.82) is 0 Å². The molecule has 2 heterocycles. The first-order valence-corrected chi connectivity index (χ1v) is 11.9. The van der Waals surface area contributed by atoms with E-state index in [4.69, 9.17) is 16.3 Å². The van der Waals surface area contributed by atoms with Crippen LogP contribution >= 0.6 is 0 Å². The molecular formula is C28H31N3O6. The number of allylic oxidation sites excluding steroid dienone is 2. The van der Waals surface area contributed by atoms with Crippen molar-refractivity contribution in [3.8, 4) is 0 Å². The first kappa shape index (κ1) is 20.1. The second-order valence-corrected chi connectivity index (χ2v) is 8.84. The largest absolute Gasteiger partial charge is 0.466 e. The zero-order valence-electron chi connectivity index (χ0n) is 25.8. The van der Waals surface area contributed by atoms with Gasteiger partial charge in [0.05, 0.1) is 36.0 Å². The van der Waals surface area contributed by atoms with Crippen LogP contribution in [0.1, 0.15) is 50.6 Å². The highest BCUT2D eigenvalue weighted by atomic mass is 16.6. The van der Waals surface area contributed by atoms with Gasteiger partial charge in [0.1, 0.15) is 6.10 Å². The van der Waals surface area contributed by atoms with Crippen LogP contribution in [0.25, 0.3) is 0 Å². The van der Waals surface area contributed by atoms with Crippen LogP contribution in [0.3, 0.4) is 0 Å². The molecule has 2 atom stereocenters. The van der Waals surface area contributed by atoms with Crippen LogP contribution < -0.4 is 5.32 Å². The quantitative estimate of drug-likeness (QED) is 0.335. The monoisotopic (exact) mass is 510 g/mol. The lowest BCUT2D eigenvalue weighted by Crippen LogP contribution is -2.39. The van der Waals surface area contributed by atoms with E-state index in [-0.39, 0.29) is 28.9 Å². The average molecular weight is 511 g/mol. The van der Waals surface area contributed by atoms with Crippen molar-refractivity contribution in [2.45, 2.75) is 45.3 Å². The Balaban J connectivity index is 1.94. The molecule has 9 heteroatoms. The number of nitrogens with one attached hydrogen (secondary N) is 1. The number of hydrogen-bond donors (Lipinski definition) is 1. The van der Waals surface area contributed by atoms with Gasteiger partial charge in [-0.15, -0.1) is 0 Å². The summed E-state index contributed by atoms with van der Waals surface area (Å²) in [6.07, 6.45) is 0.968. The number of carbonyl (C=O) groups is 2. The summed E-state index contributed by atoms with van der Waals surface area (Å²) in [5, 5.41) is 14.8. The third-order valence-electron chi connectivity index (χ3n) is 6.60. The summed E-state index contributed by atoms with van der Waals surface area (Å²) in [7, 11) is 1.17. The van der Waals surface area contributed by atoms with Crippen LogP contribution in [-0.4, -0.2) is 48.1 Å². The minimum Gasteiger partial charge on any atom is -0.466 e. The van der Waals surface area contributed by atoms with Gasteiger partial charge in [-0.05, 0) is 44.4 Å². The first-order valence-electron chi connectivity index (χ1n) is 14.4. The molecule has 0 aliphatic carbocycles. The van der Waals surface area contributed by atoms with Crippen molar-refractivity contribution < 1.29 is 30.8 Å². The Morgan fingerprint density at radius 1 is 1.16 bits per heavy atom. The van der Waals surface area contributed by atoms with Crippen molar-refractivity contribution in [2.75, 3.05) is 20.2 Å². The van der Waals surface area contributed by atoms with Crippen molar-refractivity contribution in [3.63, 3.8) is 0 Å². The molecule has 194 valence electrons. The SMILES string of the molecule is [2H]c1c([2H])c([2H])c(CN2C(C)=C(C(=O)OC)[C@H](c3cccc([N+](=O)[O-])c3)C(C(=O)O[C@H]3CCCNC3)=C2C)c([2H])c1[2H]. The van der Waals surface area contributed by atoms with Gasteiger partial charge in [-0.25, -0.2) is 9.59 Å². The maximum absolute atomic E-state index is 13.9. The summed E-state index contributed by atoms with van der Waals surface area (Å²) in [4.78, 5) is 39.8. The van der Waals surface area contributed by atoms with Crippen LogP contribution in [0.4, 0.5) is 5.69 Å². The highest BCUT2D eigenvalue weighted by Gasteiger charge is 2.41. The predicted octanol–water partition coefficient (Wildman–Crippen LogP) is 4.21. The maximum Gasteiger partial charge on any atom is 0.337 e. The summed E-state index contributed by atoms with van der Waals surface area (Å²) in [6, 6.07) is 3.21. The summed E-state index contributed by atoms with van der Waals surface area (Å²) >= 11 is 0. The summed E-state index contributed by atoms with van der Waals surface area (Å²) in [5.74, 6) is -2.64. The van der Waals surface area contributed by atoms with E-state index in [0.29, 0.717) is 29.9 Å². The fourth-order valence-corrected chi connectivity index (χ4v) is 4.78. The average Bonchev–Trinajstić information content (AvgIpc) is 2.98. The summed E-state index contributed by atoms with van der Waals surface area (Å²) in [6.45, 7) is 4.14. The van der Waals surface area contributed by atoms with Crippen molar-refractivity contribution in [2.24, 2.45) is 0 Å². The number of esters is 2. The third kappa shape index (κ3) is 5.56. The lowest BCUT2D eigenvalue weighted by atomic mass is 9.79. The molecule has 2 aromatic rings. The number of piperidine rings is 1. The van der Waals surface area contributed by atoms with E-state index < -0.39 is 59.1 Å². The molecule has 0 amide bonds. The van der Waals surface area contributed by atoms with E-state index in [2.05, 4.69) is 5.32 Å². The topological polar surface area (TPSA) is 111 Å². The highest BCUT2D eigenvalue weighted by molar-refractivity contribution is 6.00. The number of methoxy groups -OCH3 is 1. The molecule has 0 unspecified atom stereocenters. The number of rotatable bonds is 7. The minimum absolute atomic E-state index is 0.00434. The van der Waals surface area contributed by atoms with Gasteiger partial charge in [-0.3, -0.25) is 10.1 Å². The Labute approximate surface area is 222 Å². The third-order valence-corrected chi connectivity index (χ3v) is 6.60. The number of nitrogens with zero attached hydrogens (tertiary/aromatic N) is 2. The zero-order chi connectivity index (χ0) is 30.9. The van der Waals surface area contributed by atoms with E-state index in [1.54, 1.807) is 19.9 Å². The molecular weight excluding hydrogens is 474 g/mol. The van der Waals surface area contributed by atoms with Crippen LogP contribution in [0.2, 0.25) is 0 Å². The summed E-state index contributed by atoms with van der Waals surface area (Å²) < 4.78 is 51.9. The molecule has 0 bridgehead atoms. The van der Waals surface area contributed by atoms with Crippen LogP contribution in [-0.2, 0) is 25.6 Å². The molecule has 1 N–H and O–H groups in total. The van der Waals surface area contributed by atoms with Crippen molar-refractivity contribution in [1.82, 2.24) is 10.2 Å². The van der Waals surface area contributed by atoms with Crippen molar-refractivity contribution in [3.05, 3.63) is 98.3 Å². The molecule has 2 aliphatic rings.